The van der Waals surface area contributed by atoms with E-state index in [9.17, 15) is 9.59 Å². The molecule has 2 atom stereocenters. The predicted molar refractivity (Wildman–Crippen MR) is 101 cm³/mol. The maximum atomic E-state index is 13.2. The molecule has 1 saturated carbocycles. The van der Waals surface area contributed by atoms with E-state index in [1.54, 1.807) is 4.90 Å². The van der Waals surface area contributed by atoms with E-state index in [0.29, 0.717) is 5.56 Å². The molecule has 2 aromatic rings. The Balaban J connectivity index is 1.69. The number of fused-ring (bicyclic) bond motifs is 1. The lowest BCUT2D eigenvalue weighted by Gasteiger charge is -2.31. The van der Waals surface area contributed by atoms with Gasteiger partial charge in [0.25, 0.3) is 5.91 Å². The van der Waals surface area contributed by atoms with E-state index >= 15 is 0 Å². The van der Waals surface area contributed by atoms with Gasteiger partial charge in [0.1, 0.15) is 6.04 Å². The first-order valence-corrected chi connectivity index (χ1v) is 9.43. The quantitative estimate of drug-likeness (QED) is 0.908. The number of nitrogens with zero attached hydrogens (tertiary/aromatic N) is 1. The van der Waals surface area contributed by atoms with Crippen LogP contribution >= 0.6 is 0 Å². The van der Waals surface area contributed by atoms with Gasteiger partial charge in [-0.2, -0.15) is 0 Å². The van der Waals surface area contributed by atoms with Crippen molar-refractivity contribution in [2.75, 3.05) is 0 Å². The largest absolute Gasteiger partial charge is 0.351 e. The van der Waals surface area contributed by atoms with Crippen LogP contribution in [0, 0.1) is 0 Å². The van der Waals surface area contributed by atoms with Crippen molar-refractivity contribution in [1.29, 1.82) is 0 Å². The van der Waals surface area contributed by atoms with Crippen LogP contribution in [0.1, 0.15) is 66.2 Å². The molecule has 134 valence electrons. The summed E-state index contributed by atoms with van der Waals surface area (Å²) in [5.41, 5.74) is 2.49. The van der Waals surface area contributed by atoms with Gasteiger partial charge in [0, 0.05) is 11.6 Å². The lowest BCUT2D eigenvalue weighted by molar-refractivity contribution is -0.126. The monoisotopic (exact) mass is 348 g/mol. The molecule has 4 heteroatoms. The number of hydrogen-bond donors (Lipinski definition) is 1. The highest BCUT2D eigenvalue weighted by molar-refractivity contribution is 6.05. The number of benzene rings is 2. The van der Waals surface area contributed by atoms with Crippen molar-refractivity contribution in [1.82, 2.24) is 10.2 Å². The zero-order valence-corrected chi connectivity index (χ0v) is 15.0. The van der Waals surface area contributed by atoms with Crippen molar-refractivity contribution in [2.24, 2.45) is 0 Å². The number of carbonyl (C=O) groups is 2. The molecule has 1 N–H and O–H groups in total. The van der Waals surface area contributed by atoms with Crippen LogP contribution in [0.15, 0.2) is 54.6 Å². The molecule has 0 unspecified atom stereocenters. The molecular formula is C22H24N2O2. The minimum atomic E-state index is -0.561. The van der Waals surface area contributed by atoms with E-state index in [1.165, 1.54) is 0 Å². The topological polar surface area (TPSA) is 49.4 Å². The number of hydrogen-bond acceptors (Lipinski definition) is 2. The molecule has 1 fully saturated rings. The minimum Gasteiger partial charge on any atom is -0.351 e. The molecule has 0 bridgehead atoms. The van der Waals surface area contributed by atoms with Gasteiger partial charge in [-0.15, -0.1) is 0 Å². The van der Waals surface area contributed by atoms with Crippen molar-refractivity contribution in [3.63, 3.8) is 0 Å². The third-order valence-electron chi connectivity index (χ3n) is 5.65. The van der Waals surface area contributed by atoms with Crippen LogP contribution in [0.25, 0.3) is 0 Å². The van der Waals surface area contributed by atoms with Crippen LogP contribution in [0.2, 0.25) is 0 Å². The van der Waals surface area contributed by atoms with Crippen LogP contribution in [0.5, 0.6) is 0 Å². The molecule has 0 aromatic heterocycles. The fourth-order valence-corrected chi connectivity index (χ4v) is 4.25. The highest BCUT2D eigenvalue weighted by Crippen LogP contribution is 2.40. The molecular weight excluding hydrogens is 324 g/mol. The fourth-order valence-electron chi connectivity index (χ4n) is 4.25. The number of amides is 2. The first-order chi connectivity index (χ1) is 12.7. The second-order valence-electron chi connectivity index (χ2n) is 7.28. The lowest BCUT2D eigenvalue weighted by Crippen LogP contribution is -2.43. The van der Waals surface area contributed by atoms with Crippen molar-refractivity contribution >= 4 is 11.8 Å². The van der Waals surface area contributed by atoms with Gasteiger partial charge in [0.15, 0.2) is 0 Å². The Morgan fingerprint density at radius 3 is 2.42 bits per heavy atom. The molecule has 4 rings (SSSR count). The molecule has 2 aliphatic rings. The molecule has 0 spiro atoms. The van der Waals surface area contributed by atoms with Gasteiger partial charge < -0.3 is 10.2 Å². The van der Waals surface area contributed by atoms with Crippen LogP contribution < -0.4 is 5.32 Å². The molecule has 2 aromatic carbocycles. The molecule has 1 aliphatic carbocycles. The molecule has 26 heavy (non-hydrogen) atoms. The summed E-state index contributed by atoms with van der Waals surface area (Å²) in [4.78, 5) is 28.0. The summed E-state index contributed by atoms with van der Waals surface area (Å²) in [6.07, 6.45) is 4.38. The van der Waals surface area contributed by atoms with Gasteiger partial charge in [-0.05, 0) is 37.0 Å². The predicted octanol–water partition coefficient (Wildman–Crippen LogP) is 4.00. The summed E-state index contributed by atoms with van der Waals surface area (Å²) in [7, 11) is 0. The smallest absolute Gasteiger partial charge is 0.255 e. The summed E-state index contributed by atoms with van der Waals surface area (Å²) < 4.78 is 0. The third-order valence-corrected chi connectivity index (χ3v) is 5.65. The van der Waals surface area contributed by atoms with Crippen molar-refractivity contribution in [2.45, 2.75) is 50.7 Å². The number of nitrogens with one attached hydrogen (secondary N) is 1. The van der Waals surface area contributed by atoms with Crippen LogP contribution in [0.3, 0.4) is 0 Å². The highest BCUT2D eigenvalue weighted by atomic mass is 16.2. The molecule has 0 saturated heterocycles. The summed E-state index contributed by atoms with van der Waals surface area (Å²) in [5.74, 6) is -0.124. The van der Waals surface area contributed by atoms with Crippen LogP contribution in [-0.4, -0.2) is 22.8 Å². The lowest BCUT2D eigenvalue weighted by atomic mass is 10.0. The van der Waals surface area contributed by atoms with Crippen LogP contribution in [0.4, 0.5) is 0 Å². The second-order valence-corrected chi connectivity index (χ2v) is 7.28. The Labute approximate surface area is 154 Å². The number of rotatable bonds is 4. The highest BCUT2D eigenvalue weighted by Gasteiger charge is 2.43. The minimum absolute atomic E-state index is 0.0574. The Kier molecular flexibility index (Phi) is 4.49. The van der Waals surface area contributed by atoms with Crippen LogP contribution in [-0.2, 0) is 4.79 Å². The first kappa shape index (κ1) is 16.8. The first-order valence-electron chi connectivity index (χ1n) is 9.43. The van der Waals surface area contributed by atoms with E-state index in [4.69, 9.17) is 0 Å². The molecule has 0 radical (unpaired) electrons. The maximum absolute atomic E-state index is 13.2. The second kappa shape index (κ2) is 6.94. The molecule has 1 heterocycles. The Hall–Kier alpha value is -2.62. The zero-order chi connectivity index (χ0) is 18.1. The van der Waals surface area contributed by atoms with E-state index in [2.05, 4.69) is 5.32 Å². The average molecular weight is 348 g/mol. The summed E-state index contributed by atoms with van der Waals surface area (Å²) in [6.45, 7) is 2.00. The van der Waals surface area contributed by atoms with E-state index in [-0.39, 0.29) is 23.9 Å². The van der Waals surface area contributed by atoms with Crippen molar-refractivity contribution in [3.8, 4) is 0 Å². The Bertz CT molecular complexity index is 812. The normalized spacial score (nSPS) is 20.9. The third kappa shape index (κ3) is 2.90. The Morgan fingerprint density at radius 2 is 1.69 bits per heavy atom. The van der Waals surface area contributed by atoms with Gasteiger partial charge in [-0.3, -0.25) is 9.59 Å². The summed E-state index contributed by atoms with van der Waals surface area (Å²) >= 11 is 0. The summed E-state index contributed by atoms with van der Waals surface area (Å²) in [5, 5.41) is 3.19. The van der Waals surface area contributed by atoms with Gasteiger partial charge in [-0.25, -0.2) is 0 Å². The van der Waals surface area contributed by atoms with Crippen molar-refractivity contribution in [3.05, 3.63) is 71.3 Å². The van der Waals surface area contributed by atoms with Gasteiger partial charge in [0.2, 0.25) is 5.91 Å². The molecule has 1 aliphatic heterocycles. The standard InChI is InChI=1S/C22H24N2O2/c1-15(16-9-3-2-4-10-16)24-20(21(25)23-17-11-5-6-12-17)18-13-7-8-14-19(18)22(24)26/h2-4,7-10,13-15,17,20H,5-6,11-12H2,1H3,(H,23,25)/t15-,20-/m0/s1. The molecule has 2 amide bonds. The SMILES string of the molecule is C[C@@H](c1ccccc1)N1C(=O)c2ccccc2[C@H]1C(=O)NC1CCCC1. The van der Waals surface area contributed by atoms with Gasteiger partial charge in [0.05, 0.1) is 6.04 Å². The Morgan fingerprint density at radius 1 is 1.04 bits per heavy atom. The molecule has 4 nitrogen and oxygen atoms in total. The summed E-state index contributed by atoms with van der Waals surface area (Å²) in [6, 6.07) is 16.9. The van der Waals surface area contributed by atoms with E-state index in [0.717, 1.165) is 36.8 Å². The van der Waals surface area contributed by atoms with E-state index in [1.807, 2.05) is 61.5 Å². The van der Waals surface area contributed by atoms with Crippen molar-refractivity contribution < 1.29 is 9.59 Å². The number of carbonyl (C=O) groups excluding carboxylic acids is 2. The average Bonchev–Trinajstić information content (AvgIpc) is 3.28. The van der Waals surface area contributed by atoms with Gasteiger partial charge >= 0.3 is 0 Å². The van der Waals surface area contributed by atoms with Gasteiger partial charge in [-0.1, -0.05) is 61.4 Å². The van der Waals surface area contributed by atoms with E-state index < -0.39 is 6.04 Å². The fraction of sp³-hybridized carbons (Fsp3) is 0.364. The zero-order valence-electron chi connectivity index (χ0n) is 15.0. The maximum Gasteiger partial charge on any atom is 0.255 e.